The van der Waals surface area contributed by atoms with Crippen molar-refractivity contribution < 1.29 is 9.90 Å². The molecule has 94 valence electrons. The van der Waals surface area contributed by atoms with E-state index in [1.54, 1.807) is 6.92 Å². The van der Waals surface area contributed by atoms with E-state index in [9.17, 15) is 4.79 Å². The predicted molar refractivity (Wildman–Crippen MR) is 64.2 cm³/mol. The Hall–Kier alpha value is -0.610. The second-order valence-corrected chi connectivity index (χ2v) is 4.74. The average molecular weight is 228 g/mol. The molecule has 0 radical (unpaired) electrons. The maximum Gasteiger partial charge on any atom is 0.234 e. The van der Waals surface area contributed by atoms with Crippen LogP contribution in [-0.4, -0.2) is 36.2 Å². The molecule has 1 unspecified atom stereocenters. The van der Waals surface area contributed by atoms with Gasteiger partial charge in [-0.3, -0.25) is 4.79 Å². The predicted octanol–water partition coefficient (Wildman–Crippen LogP) is 0.796. The van der Waals surface area contributed by atoms with Crippen molar-refractivity contribution in [1.82, 2.24) is 10.6 Å². The second-order valence-electron chi connectivity index (χ2n) is 4.74. The second kappa shape index (κ2) is 7.63. The molecule has 0 aromatic heterocycles. The van der Waals surface area contributed by atoms with E-state index in [4.69, 9.17) is 5.11 Å². The molecule has 1 amide bonds. The zero-order valence-corrected chi connectivity index (χ0v) is 10.2. The lowest BCUT2D eigenvalue weighted by molar-refractivity contribution is -0.121. The normalized spacial score (nSPS) is 20.1. The topological polar surface area (TPSA) is 61.4 Å². The zero-order chi connectivity index (χ0) is 11.8. The molecular weight excluding hydrogens is 204 g/mol. The minimum absolute atomic E-state index is 0.0487. The monoisotopic (exact) mass is 228 g/mol. The van der Waals surface area contributed by atoms with Gasteiger partial charge in [-0.2, -0.15) is 0 Å². The third-order valence-electron chi connectivity index (χ3n) is 2.95. The van der Waals surface area contributed by atoms with E-state index in [0.29, 0.717) is 19.1 Å². The fraction of sp³-hybridized carbons (Fsp3) is 0.917. The van der Waals surface area contributed by atoms with Crippen molar-refractivity contribution >= 4 is 5.91 Å². The highest BCUT2D eigenvalue weighted by Gasteiger charge is 2.14. The molecule has 3 N–H and O–H groups in total. The van der Waals surface area contributed by atoms with Gasteiger partial charge in [-0.15, -0.1) is 0 Å². The van der Waals surface area contributed by atoms with Crippen molar-refractivity contribution in [2.24, 2.45) is 0 Å². The van der Waals surface area contributed by atoms with Crippen LogP contribution in [0, 0.1) is 0 Å². The van der Waals surface area contributed by atoms with Crippen LogP contribution in [0.15, 0.2) is 0 Å². The van der Waals surface area contributed by atoms with E-state index in [-0.39, 0.29) is 5.91 Å². The number of hydrogen-bond donors (Lipinski definition) is 3. The molecule has 0 aromatic rings. The van der Waals surface area contributed by atoms with Gasteiger partial charge in [0.25, 0.3) is 0 Å². The number of nitrogens with one attached hydrogen (secondary N) is 2. The fourth-order valence-corrected chi connectivity index (χ4v) is 2.10. The highest BCUT2D eigenvalue weighted by molar-refractivity contribution is 5.78. The fourth-order valence-electron chi connectivity index (χ4n) is 2.10. The van der Waals surface area contributed by atoms with E-state index in [1.807, 2.05) is 0 Å². The van der Waals surface area contributed by atoms with E-state index in [0.717, 1.165) is 12.8 Å². The van der Waals surface area contributed by atoms with Gasteiger partial charge in [0.1, 0.15) is 0 Å². The summed E-state index contributed by atoms with van der Waals surface area (Å²) in [5, 5.41) is 15.0. The van der Waals surface area contributed by atoms with Crippen LogP contribution in [0.25, 0.3) is 0 Å². The van der Waals surface area contributed by atoms with Crippen molar-refractivity contribution in [2.75, 3.05) is 13.1 Å². The maximum atomic E-state index is 11.5. The molecule has 16 heavy (non-hydrogen) atoms. The zero-order valence-electron chi connectivity index (χ0n) is 10.2. The Labute approximate surface area is 97.8 Å². The third-order valence-corrected chi connectivity index (χ3v) is 2.95. The molecule has 1 saturated carbocycles. The van der Waals surface area contributed by atoms with Gasteiger partial charge in [-0.1, -0.05) is 25.7 Å². The van der Waals surface area contributed by atoms with Crippen LogP contribution in [0.1, 0.15) is 45.4 Å². The van der Waals surface area contributed by atoms with Crippen molar-refractivity contribution in [3.63, 3.8) is 0 Å². The van der Waals surface area contributed by atoms with Crippen LogP contribution >= 0.6 is 0 Å². The number of aliphatic hydroxyl groups excluding tert-OH is 1. The highest BCUT2D eigenvalue weighted by atomic mass is 16.3. The highest BCUT2D eigenvalue weighted by Crippen LogP contribution is 2.16. The quantitative estimate of drug-likeness (QED) is 0.610. The Kier molecular flexibility index (Phi) is 6.42. The summed E-state index contributed by atoms with van der Waals surface area (Å²) in [4.78, 5) is 11.5. The number of carbonyl (C=O) groups is 1. The first-order chi connectivity index (χ1) is 7.68. The van der Waals surface area contributed by atoms with E-state index in [2.05, 4.69) is 10.6 Å². The SMILES string of the molecule is CC(O)CNCC(=O)NC1CCCCCC1. The van der Waals surface area contributed by atoms with Gasteiger partial charge in [0.15, 0.2) is 0 Å². The van der Waals surface area contributed by atoms with E-state index < -0.39 is 6.10 Å². The lowest BCUT2D eigenvalue weighted by Gasteiger charge is -2.16. The first-order valence-electron chi connectivity index (χ1n) is 6.36. The maximum absolute atomic E-state index is 11.5. The molecule has 1 rings (SSSR count). The summed E-state index contributed by atoms with van der Waals surface area (Å²) < 4.78 is 0. The van der Waals surface area contributed by atoms with E-state index >= 15 is 0 Å². The summed E-state index contributed by atoms with van der Waals surface area (Å²) >= 11 is 0. The molecule has 4 heteroatoms. The Morgan fingerprint density at radius 1 is 1.31 bits per heavy atom. The molecule has 4 nitrogen and oxygen atoms in total. The molecular formula is C12H24N2O2. The van der Waals surface area contributed by atoms with Gasteiger partial charge in [-0.25, -0.2) is 0 Å². The number of hydrogen-bond acceptors (Lipinski definition) is 3. The van der Waals surface area contributed by atoms with Gasteiger partial charge in [0.2, 0.25) is 5.91 Å². The Morgan fingerprint density at radius 2 is 1.94 bits per heavy atom. The van der Waals surface area contributed by atoms with Crippen LogP contribution in [0.5, 0.6) is 0 Å². The summed E-state index contributed by atoms with van der Waals surface area (Å²) in [6.07, 6.45) is 6.88. The minimum Gasteiger partial charge on any atom is -0.392 e. The number of amides is 1. The first-order valence-corrected chi connectivity index (χ1v) is 6.36. The van der Waals surface area contributed by atoms with Crippen molar-refractivity contribution in [1.29, 1.82) is 0 Å². The molecule has 0 spiro atoms. The van der Waals surface area contributed by atoms with Crippen molar-refractivity contribution in [2.45, 2.75) is 57.6 Å². The van der Waals surface area contributed by atoms with E-state index in [1.165, 1.54) is 25.7 Å². The Bertz CT molecular complexity index is 199. The summed E-state index contributed by atoms with van der Waals surface area (Å²) in [6.45, 7) is 2.48. The van der Waals surface area contributed by atoms with Crippen molar-refractivity contribution in [3.05, 3.63) is 0 Å². The first kappa shape index (κ1) is 13.5. The molecule has 0 bridgehead atoms. The van der Waals surface area contributed by atoms with Crippen LogP contribution in [0.4, 0.5) is 0 Å². The Balaban J connectivity index is 2.12. The lowest BCUT2D eigenvalue weighted by atomic mass is 10.1. The summed E-state index contributed by atoms with van der Waals surface area (Å²) in [5.74, 6) is 0.0487. The van der Waals surface area contributed by atoms with Gasteiger partial charge in [0.05, 0.1) is 12.6 Å². The molecule has 1 aliphatic rings. The molecule has 0 heterocycles. The number of rotatable bonds is 5. The van der Waals surface area contributed by atoms with Crippen LogP contribution in [0.2, 0.25) is 0 Å². The summed E-state index contributed by atoms with van der Waals surface area (Å²) in [6, 6.07) is 0.364. The Morgan fingerprint density at radius 3 is 2.50 bits per heavy atom. The minimum atomic E-state index is -0.398. The molecule has 0 aliphatic heterocycles. The molecule has 1 aliphatic carbocycles. The number of carbonyl (C=O) groups excluding carboxylic acids is 1. The van der Waals surface area contributed by atoms with Gasteiger partial charge in [-0.05, 0) is 19.8 Å². The molecule has 0 aromatic carbocycles. The van der Waals surface area contributed by atoms with Gasteiger partial charge >= 0.3 is 0 Å². The van der Waals surface area contributed by atoms with Crippen LogP contribution in [0.3, 0.4) is 0 Å². The molecule has 0 saturated heterocycles. The molecule has 1 atom stereocenters. The van der Waals surface area contributed by atoms with Crippen LogP contribution in [-0.2, 0) is 4.79 Å². The third kappa shape index (κ3) is 6.08. The standard InChI is InChI=1S/C12H24N2O2/c1-10(15)8-13-9-12(16)14-11-6-4-2-3-5-7-11/h10-11,13,15H,2-9H2,1H3,(H,14,16). The summed E-state index contributed by atoms with van der Waals surface area (Å²) in [7, 11) is 0. The largest absolute Gasteiger partial charge is 0.392 e. The van der Waals surface area contributed by atoms with Crippen molar-refractivity contribution in [3.8, 4) is 0 Å². The lowest BCUT2D eigenvalue weighted by Crippen LogP contribution is -2.41. The van der Waals surface area contributed by atoms with Gasteiger partial charge < -0.3 is 15.7 Å². The molecule has 1 fully saturated rings. The van der Waals surface area contributed by atoms with Crippen LogP contribution < -0.4 is 10.6 Å². The van der Waals surface area contributed by atoms with Gasteiger partial charge in [0, 0.05) is 12.6 Å². The average Bonchev–Trinajstić information content (AvgIpc) is 2.45. The smallest absolute Gasteiger partial charge is 0.234 e. The number of aliphatic hydroxyl groups is 1. The summed E-state index contributed by atoms with van der Waals surface area (Å²) in [5.41, 5.74) is 0.